The van der Waals surface area contributed by atoms with Crippen LogP contribution in [0.1, 0.15) is 98.0 Å². The Morgan fingerprint density at radius 3 is 2.38 bits per heavy atom. The van der Waals surface area contributed by atoms with E-state index in [-0.39, 0.29) is 29.3 Å². The van der Waals surface area contributed by atoms with Crippen LogP contribution in [-0.2, 0) is 29.4 Å². The third-order valence-electron chi connectivity index (χ3n) is 12.2. The Bertz CT molecular complexity index is 1340. The van der Waals surface area contributed by atoms with Crippen molar-refractivity contribution in [3.63, 3.8) is 0 Å². The van der Waals surface area contributed by atoms with Crippen molar-refractivity contribution in [2.24, 2.45) is 40.4 Å². The summed E-state index contributed by atoms with van der Waals surface area (Å²) in [6.07, 6.45) is 1.17. The molecule has 0 aromatic heterocycles. The monoisotopic (exact) mass is 630 g/mol. The first-order valence-corrected chi connectivity index (χ1v) is 16.6. The molecule has 4 aliphatic rings. The Kier molecular flexibility index (Phi) is 9.15. The molecule has 0 radical (unpaired) electrons. The van der Waals surface area contributed by atoms with Crippen LogP contribution in [0.15, 0.2) is 53.8 Å². The van der Waals surface area contributed by atoms with Gasteiger partial charge in [-0.2, -0.15) is 13.2 Å². The molecule has 5 nitrogen and oxygen atoms in total. The largest absolute Gasteiger partial charge is 0.460 e. The molecule has 0 saturated heterocycles. The lowest BCUT2D eigenvalue weighted by Crippen LogP contribution is -2.54. The van der Waals surface area contributed by atoms with Crippen molar-refractivity contribution in [3.05, 3.63) is 59.4 Å². The highest BCUT2D eigenvalue weighted by molar-refractivity contribution is 5.83. The number of benzene rings is 1. The maximum absolute atomic E-state index is 14.5. The van der Waals surface area contributed by atoms with Gasteiger partial charge in [-0.1, -0.05) is 77.1 Å². The van der Waals surface area contributed by atoms with E-state index in [1.54, 1.807) is 6.07 Å². The lowest BCUT2D eigenvalue weighted by molar-refractivity contribution is -0.279. The normalized spacial score (nSPS) is 33.4. The molecule has 248 valence electrons. The van der Waals surface area contributed by atoms with Gasteiger partial charge in [-0.05, 0) is 86.5 Å². The van der Waals surface area contributed by atoms with E-state index in [0.717, 1.165) is 51.4 Å². The lowest BCUT2D eigenvalue weighted by atomic mass is 9.54. The Balaban J connectivity index is 1.34. The van der Waals surface area contributed by atoms with Crippen LogP contribution in [0.3, 0.4) is 0 Å². The molecule has 5 rings (SSSR count). The molecule has 8 heteroatoms. The number of methoxy groups -OCH3 is 1. The van der Waals surface area contributed by atoms with E-state index in [4.69, 9.17) is 14.2 Å². The second-order valence-electron chi connectivity index (χ2n) is 14.9. The predicted molar refractivity (Wildman–Crippen MR) is 166 cm³/mol. The van der Waals surface area contributed by atoms with Gasteiger partial charge >= 0.3 is 18.1 Å². The third-order valence-corrected chi connectivity index (χ3v) is 12.2. The van der Waals surface area contributed by atoms with Gasteiger partial charge in [0.1, 0.15) is 11.9 Å². The molecule has 3 aliphatic carbocycles. The summed E-state index contributed by atoms with van der Waals surface area (Å²) in [5.74, 6) is 0.123. The van der Waals surface area contributed by atoms with Crippen molar-refractivity contribution >= 4 is 11.9 Å². The van der Waals surface area contributed by atoms with Crippen LogP contribution in [0.25, 0.3) is 0 Å². The molecule has 0 unspecified atom stereocenters. The summed E-state index contributed by atoms with van der Waals surface area (Å²) in [4.78, 5) is 27.0. The van der Waals surface area contributed by atoms with E-state index in [2.05, 4.69) is 41.2 Å². The number of halogens is 3. The highest BCUT2D eigenvalue weighted by atomic mass is 19.4. The summed E-state index contributed by atoms with van der Waals surface area (Å²) in [6.45, 7) is 15.5. The van der Waals surface area contributed by atoms with Gasteiger partial charge < -0.3 is 14.2 Å². The minimum absolute atomic E-state index is 0.0478. The van der Waals surface area contributed by atoms with E-state index in [1.165, 1.54) is 35.4 Å². The van der Waals surface area contributed by atoms with Gasteiger partial charge in [0.2, 0.25) is 0 Å². The van der Waals surface area contributed by atoms with Crippen LogP contribution < -0.4 is 0 Å². The fourth-order valence-corrected chi connectivity index (χ4v) is 9.22. The van der Waals surface area contributed by atoms with E-state index >= 15 is 0 Å². The molecule has 2 saturated carbocycles. The first kappa shape index (κ1) is 33.7. The Morgan fingerprint density at radius 2 is 1.76 bits per heavy atom. The number of fused-ring (bicyclic) bond motifs is 4. The molecular formula is C37H49F3O5. The van der Waals surface area contributed by atoms with Crippen molar-refractivity contribution in [1.82, 2.24) is 0 Å². The second-order valence-corrected chi connectivity index (χ2v) is 14.9. The van der Waals surface area contributed by atoms with Crippen LogP contribution in [0.4, 0.5) is 13.2 Å². The number of alkyl halides is 3. The molecule has 8 atom stereocenters. The van der Waals surface area contributed by atoms with Crippen molar-refractivity contribution < 1.29 is 37.0 Å². The number of ether oxygens (including phenoxy) is 3. The Morgan fingerprint density at radius 1 is 1.07 bits per heavy atom. The molecule has 45 heavy (non-hydrogen) atoms. The van der Waals surface area contributed by atoms with E-state index < -0.39 is 35.2 Å². The van der Waals surface area contributed by atoms with Crippen LogP contribution in [0.5, 0.6) is 0 Å². The molecular weight excluding hydrogens is 581 g/mol. The number of hydrogen-bond donors (Lipinski definition) is 0. The predicted octanol–water partition coefficient (Wildman–Crippen LogP) is 9.07. The number of esters is 2. The smallest absolute Gasteiger partial charge is 0.432 e. The fourth-order valence-electron chi connectivity index (χ4n) is 9.22. The molecule has 1 aliphatic heterocycles. The van der Waals surface area contributed by atoms with Gasteiger partial charge in [-0.15, -0.1) is 0 Å². The van der Waals surface area contributed by atoms with Crippen LogP contribution >= 0.6 is 0 Å². The number of allylic oxidation sites excluding steroid dienone is 3. The zero-order chi connectivity index (χ0) is 32.9. The zero-order valence-electron chi connectivity index (χ0n) is 27.6. The topological polar surface area (TPSA) is 61.8 Å². The minimum atomic E-state index is -5.05. The van der Waals surface area contributed by atoms with Gasteiger partial charge in [0.15, 0.2) is 0 Å². The Labute approximate surface area is 266 Å². The maximum atomic E-state index is 14.5. The van der Waals surface area contributed by atoms with Crippen LogP contribution in [0, 0.1) is 40.4 Å². The van der Waals surface area contributed by atoms with Crippen LogP contribution in [0.2, 0.25) is 0 Å². The SMILES string of the molecule is C=C(CC[C@@H](C)[C@H]1CC[C@H]2C3=C(CC[C@]12C)[C@@]1(C)CC[C@H](OC(=O)[C@](OC)(c2ccccc2)C(F)(F)F)C[C@@H]1C(=O)O3)C(C)C. The molecule has 1 heterocycles. The zero-order valence-corrected chi connectivity index (χ0v) is 27.6. The number of carbonyl (C=O) groups is 2. The van der Waals surface area contributed by atoms with Crippen molar-refractivity contribution in [2.45, 2.75) is 110 Å². The average molecular weight is 631 g/mol. The van der Waals surface area contributed by atoms with Crippen molar-refractivity contribution in [1.29, 1.82) is 0 Å². The van der Waals surface area contributed by atoms with E-state index in [1.807, 2.05) is 0 Å². The van der Waals surface area contributed by atoms with Gasteiger partial charge in [-0.3, -0.25) is 4.79 Å². The first-order chi connectivity index (χ1) is 21.1. The highest BCUT2D eigenvalue weighted by Crippen LogP contribution is 2.65. The minimum Gasteiger partial charge on any atom is -0.460 e. The summed E-state index contributed by atoms with van der Waals surface area (Å²) in [7, 11) is 0.861. The quantitative estimate of drug-likeness (QED) is 0.201. The molecule has 0 N–H and O–H groups in total. The maximum Gasteiger partial charge on any atom is 0.432 e. The summed E-state index contributed by atoms with van der Waals surface area (Å²) in [6, 6.07) is 6.82. The molecule has 1 aromatic rings. The summed E-state index contributed by atoms with van der Waals surface area (Å²) >= 11 is 0. The lowest BCUT2D eigenvalue weighted by Gasteiger charge is -2.53. The highest BCUT2D eigenvalue weighted by Gasteiger charge is 2.65. The summed E-state index contributed by atoms with van der Waals surface area (Å²) in [5.41, 5.74) is -1.56. The Hall–Kier alpha value is -2.61. The van der Waals surface area contributed by atoms with Crippen LogP contribution in [-0.4, -0.2) is 31.3 Å². The number of carbonyl (C=O) groups excluding carboxylic acids is 2. The first-order valence-electron chi connectivity index (χ1n) is 16.6. The number of hydrogen-bond acceptors (Lipinski definition) is 5. The average Bonchev–Trinajstić information content (AvgIpc) is 3.34. The van der Waals surface area contributed by atoms with Crippen molar-refractivity contribution in [3.8, 4) is 0 Å². The molecule has 0 spiro atoms. The van der Waals surface area contributed by atoms with E-state index in [0.29, 0.717) is 30.6 Å². The molecule has 1 aromatic carbocycles. The molecule has 0 amide bonds. The van der Waals surface area contributed by atoms with Gasteiger partial charge in [0, 0.05) is 24.0 Å². The fraction of sp³-hybridized carbons (Fsp3) is 0.676. The van der Waals surface area contributed by atoms with Gasteiger partial charge in [0.05, 0.1) is 5.92 Å². The van der Waals surface area contributed by atoms with E-state index in [9.17, 15) is 22.8 Å². The number of rotatable bonds is 9. The van der Waals surface area contributed by atoms with Crippen molar-refractivity contribution in [2.75, 3.05) is 7.11 Å². The van der Waals surface area contributed by atoms with Gasteiger partial charge in [-0.25, -0.2) is 4.79 Å². The summed E-state index contributed by atoms with van der Waals surface area (Å²) in [5, 5.41) is 0. The summed E-state index contributed by atoms with van der Waals surface area (Å²) < 4.78 is 60.1. The standard InChI is InChI=1S/C37H49F3O5/c1-22(2)23(3)13-14-24(4)27-15-16-28-31-29(18-20-34(27,28)5)35(6)19-17-26(21-30(35)32(41)45-31)44-33(42)36(43-7,37(38,39)40)25-11-9-8-10-12-25/h8-12,22,24,26-28,30H,3,13-21H2,1-2,4-7H3/t24-,26+,27-,28+,30-,34-,35-,36-/m1/s1. The van der Waals surface area contributed by atoms with Gasteiger partial charge in [0.25, 0.3) is 5.60 Å². The third kappa shape index (κ3) is 5.57. The molecule has 2 fully saturated rings. The molecule has 0 bridgehead atoms. The second kappa shape index (κ2) is 12.2.